The Morgan fingerprint density at radius 2 is 1.75 bits per heavy atom. The first-order chi connectivity index (χ1) is 19.3. The van der Waals surface area contributed by atoms with Crippen LogP contribution in [0.5, 0.6) is 0 Å². The summed E-state index contributed by atoms with van der Waals surface area (Å²) in [6.07, 6.45) is 5.51. The van der Waals surface area contributed by atoms with Crippen molar-refractivity contribution in [2.45, 2.75) is 56.4 Å². The molecule has 2 saturated carbocycles. The van der Waals surface area contributed by atoms with Gasteiger partial charge in [0.25, 0.3) is 0 Å². The number of carbonyl (C=O) groups excluding carboxylic acids is 1. The van der Waals surface area contributed by atoms with Crippen LogP contribution >= 0.6 is 0 Å². The predicted molar refractivity (Wildman–Crippen MR) is 152 cm³/mol. The van der Waals surface area contributed by atoms with Crippen molar-refractivity contribution < 1.29 is 17.6 Å². The average molecular weight is 559 g/mol. The lowest BCUT2D eigenvalue weighted by Gasteiger charge is -2.30. The van der Waals surface area contributed by atoms with E-state index >= 15 is 0 Å². The maximum Gasteiger partial charge on any atom is 0.225 e. The van der Waals surface area contributed by atoms with Crippen LogP contribution in [0, 0.1) is 17.2 Å². The molecule has 1 amide bonds. The third-order valence-electron chi connectivity index (χ3n) is 8.51. The minimum Gasteiger partial charge on any atom is -0.444 e. The number of hydrogen-bond donors (Lipinski definition) is 1. The molecule has 3 fully saturated rings. The second kappa shape index (κ2) is 10.7. The minimum atomic E-state index is -2.95. The molecular formula is C31H34N4O4S. The first-order valence-electron chi connectivity index (χ1n) is 14.2. The molecule has 0 unspecified atom stereocenters. The van der Waals surface area contributed by atoms with Crippen molar-refractivity contribution in [1.82, 2.24) is 10.3 Å². The van der Waals surface area contributed by atoms with Gasteiger partial charge in [-0.2, -0.15) is 5.26 Å². The molecule has 2 heterocycles. The third kappa shape index (κ3) is 5.64. The maximum absolute atomic E-state index is 13.4. The van der Waals surface area contributed by atoms with E-state index < -0.39 is 15.4 Å². The van der Waals surface area contributed by atoms with Crippen molar-refractivity contribution in [3.05, 3.63) is 71.8 Å². The van der Waals surface area contributed by atoms with Crippen molar-refractivity contribution in [1.29, 1.82) is 5.26 Å². The molecule has 0 spiro atoms. The lowest BCUT2D eigenvalue weighted by atomic mass is 9.76. The number of nitrogens with zero attached hydrogens (tertiary/aromatic N) is 3. The van der Waals surface area contributed by atoms with Crippen molar-refractivity contribution >= 4 is 21.4 Å². The largest absolute Gasteiger partial charge is 0.444 e. The number of amides is 1. The summed E-state index contributed by atoms with van der Waals surface area (Å²) in [5.41, 5.74) is 3.04. The van der Waals surface area contributed by atoms with Gasteiger partial charge in [-0.3, -0.25) is 4.79 Å². The van der Waals surface area contributed by atoms with Gasteiger partial charge in [-0.05, 0) is 43.4 Å². The third-order valence-corrected chi connectivity index (χ3v) is 10.1. The molecule has 1 saturated heterocycles. The van der Waals surface area contributed by atoms with E-state index in [4.69, 9.17) is 9.40 Å². The van der Waals surface area contributed by atoms with Crippen LogP contribution in [-0.4, -0.2) is 49.4 Å². The van der Waals surface area contributed by atoms with Crippen LogP contribution in [0.3, 0.4) is 0 Å². The van der Waals surface area contributed by atoms with E-state index in [0.29, 0.717) is 38.2 Å². The normalized spacial score (nSPS) is 23.2. The zero-order valence-corrected chi connectivity index (χ0v) is 23.3. The zero-order chi connectivity index (χ0) is 27.7. The Balaban J connectivity index is 1.31. The number of benzene rings is 2. The summed E-state index contributed by atoms with van der Waals surface area (Å²) in [4.78, 5) is 20.5. The van der Waals surface area contributed by atoms with Crippen LogP contribution in [0.25, 0.3) is 11.3 Å². The first-order valence-corrected chi connectivity index (χ1v) is 16.0. The molecule has 9 heteroatoms. The van der Waals surface area contributed by atoms with Crippen molar-refractivity contribution in [3.8, 4) is 17.3 Å². The lowest BCUT2D eigenvalue weighted by Crippen LogP contribution is -2.42. The molecule has 1 aliphatic heterocycles. The molecule has 3 aliphatic rings. The van der Waals surface area contributed by atoms with E-state index in [1.54, 1.807) is 0 Å². The Hall–Kier alpha value is -3.64. The second-order valence-corrected chi connectivity index (χ2v) is 13.7. The molecule has 3 aromatic rings. The standard InChI is InChI=1S/C31H34N4O4S/c32-21-31(14-15-31)34-30(36)26-9-5-4-8-25(26)29-28(33-27(39-29)20-22-6-2-1-3-7-22)23-10-12-24(13-11-23)35-16-18-40(37,38)19-17-35/h1-3,6-7,10-13,25-26H,4-5,8-9,14-20H2,(H,34,36)/t25-,26-/m1/s1. The SMILES string of the molecule is N#CC1(NC(=O)[C@@H]2CCCC[C@H]2c2oc(Cc3ccccc3)nc2-c2ccc(N3CCS(=O)(=O)CC3)cc2)CC1. The molecule has 40 heavy (non-hydrogen) atoms. The van der Waals surface area contributed by atoms with Crippen LogP contribution < -0.4 is 10.2 Å². The molecule has 8 nitrogen and oxygen atoms in total. The molecular weight excluding hydrogens is 524 g/mol. The van der Waals surface area contributed by atoms with Gasteiger partial charge in [0.1, 0.15) is 17.0 Å². The molecule has 2 aliphatic carbocycles. The average Bonchev–Trinajstić information content (AvgIpc) is 3.63. The summed E-state index contributed by atoms with van der Waals surface area (Å²) in [6, 6.07) is 20.4. The van der Waals surface area contributed by atoms with Crippen LogP contribution in [0.1, 0.15) is 61.7 Å². The van der Waals surface area contributed by atoms with E-state index in [9.17, 15) is 18.5 Å². The van der Waals surface area contributed by atoms with E-state index in [2.05, 4.69) is 16.3 Å². The number of sulfone groups is 1. The maximum atomic E-state index is 13.4. The lowest BCUT2D eigenvalue weighted by molar-refractivity contribution is -0.127. The number of rotatable bonds is 7. The Kier molecular flexibility index (Phi) is 7.13. The van der Waals surface area contributed by atoms with Crippen molar-refractivity contribution in [3.63, 3.8) is 0 Å². The van der Waals surface area contributed by atoms with Crippen LogP contribution in [0.2, 0.25) is 0 Å². The van der Waals surface area contributed by atoms with Gasteiger partial charge in [0, 0.05) is 42.6 Å². The molecule has 2 aromatic carbocycles. The summed E-state index contributed by atoms with van der Waals surface area (Å²) in [6.45, 7) is 0.975. The monoisotopic (exact) mass is 558 g/mol. The van der Waals surface area contributed by atoms with Crippen LogP contribution in [-0.2, 0) is 21.1 Å². The molecule has 1 N–H and O–H groups in total. The topological polar surface area (TPSA) is 116 Å². The summed E-state index contributed by atoms with van der Waals surface area (Å²) in [5, 5.41) is 12.6. The van der Waals surface area contributed by atoms with Gasteiger partial charge in [-0.15, -0.1) is 0 Å². The fraction of sp³-hybridized carbons (Fsp3) is 0.452. The van der Waals surface area contributed by atoms with Crippen LogP contribution in [0.15, 0.2) is 59.0 Å². The Morgan fingerprint density at radius 1 is 1.05 bits per heavy atom. The number of oxazole rings is 1. The van der Waals surface area contributed by atoms with Gasteiger partial charge in [0.2, 0.25) is 5.91 Å². The molecule has 2 atom stereocenters. The van der Waals surface area contributed by atoms with Gasteiger partial charge in [-0.25, -0.2) is 13.4 Å². The van der Waals surface area contributed by atoms with Gasteiger partial charge >= 0.3 is 0 Å². The highest BCUT2D eigenvalue weighted by Gasteiger charge is 2.47. The van der Waals surface area contributed by atoms with Crippen molar-refractivity contribution in [2.24, 2.45) is 5.92 Å². The minimum absolute atomic E-state index is 0.0638. The summed E-state index contributed by atoms with van der Waals surface area (Å²) in [5.74, 6) is 1.23. The summed E-state index contributed by atoms with van der Waals surface area (Å²) in [7, 11) is -2.95. The van der Waals surface area contributed by atoms with Gasteiger partial charge in [0.15, 0.2) is 15.7 Å². The Bertz CT molecular complexity index is 1510. The molecule has 6 rings (SSSR count). The van der Waals surface area contributed by atoms with E-state index in [1.165, 1.54) is 0 Å². The number of hydrogen-bond acceptors (Lipinski definition) is 7. The predicted octanol–water partition coefficient (Wildman–Crippen LogP) is 4.61. The van der Waals surface area contributed by atoms with Gasteiger partial charge in [-0.1, -0.05) is 55.3 Å². The zero-order valence-electron chi connectivity index (χ0n) is 22.5. The number of nitriles is 1. The summed E-state index contributed by atoms with van der Waals surface area (Å²) < 4.78 is 30.2. The van der Waals surface area contributed by atoms with E-state index in [1.807, 2.05) is 54.6 Å². The fourth-order valence-electron chi connectivity index (χ4n) is 5.96. The quantitative estimate of drug-likeness (QED) is 0.450. The number of nitrogens with one attached hydrogen (secondary N) is 1. The summed E-state index contributed by atoms with van der Waals surface area (Å²) >= 11 is 0. The smallest absolute Gasteiger partial charge is 0.225 e. The van der Waals surface area contributed by atoms with Gasteiger partial charge < -0.3 is 14.6 Å². The highest BCUT2D eigenvalue weighted by atomic mass is 32.2. The first kappa shape index (κ1) is 26.6. The molecule has 0 radical (unpaired) electrons. The number of carbonyl (C=O) groups is 1. The van der Waals surface area contributed by atoms with Crippen LogP contribution in [0.4, 0.5) is 5.69 Å². The van der Waals surface area contributed by atoms with Gasteiger partial charge in [0.05, 0.1) is 17.6 Å². The number of anilines is 1. The Morgan fingerprint density at radius 3 is 2.42 bits per heavy atom. The highest BCUT2D eigenvalue weighted by molar-refractivity contribution is 7.91. The van der Waals surface area contributed by atoms with Crippen molar-refractivity contribution in [2.75, 3.05) is 29.5 Å². The van der Waals surface area contributed by atoms with E-state index in [-0.39, 0.29) is 29.2 Å². The second-order valence-electron chi connectivity index (χ2n) is 11.3. The Labute approximate surface area is 235 Å². The molecule has 208 valence electrons. The fourth-order valence-corrected chi connectivity index (χ4v) is 7.16. The molecule has 0 bridgehead atoms. The molecule has 1 aromatic heterocycles. The van der Waals surface area contributed by atoms with E-state index in [0.717, 1.165) is 54.0 Å². The number of aromatic nitrogens is 1. The highest BCUT2D eigenvalue weighted by Crippen LogP contribution is 2.44.